The Bertz CT molecular complexity index is 858. The van der Waals surface area contributed by atoms with Crippen molar-refractivity contribution in [2.75, 3.05) is 19.0 Å². The Morgan fingerprint density at radius 2 is 2.26 bits per heavy atom. The highest BCUT2D eigenvalue weighted by Crippen LogP contribution is 2.48. The SMILES string of the molecule is COc1cc(Br)cc(C2C3=C(COC3=O)Nc3[nH]ncc32)c1O. The number of fused-ring (bicyclic) bond motifs is 1. The summed E-state index contributed by atoms with van der Waals surface area (Å²) in [5.41, 5.74) is 2.47. The first-order valence-corrected chi connectivity index (χ1v) is 7.66. The van der Waals surface area contributed by atoms with E-state index in [4.69, 9.17) is 9.47 Å². The normalized spacial score (nSPS) is 19.0. The number of hydrogen-bond donors (Lipinski definition) is 3. The number of rotatable bonds is 2. The molecule has 0 saturated carbocycles. The third-order valence-corrected chi connectivity index (χ3v) is 4.49. The third kappa shape index (κ3) is 2.02. The summed E-state index contributed by atoms with van der Waals surface area (Å²) in [4.78, 5) is 12.2. The fourth-order valence-corrected chi connectivity index (χ4v) is 3.48. The van der Waals surface area contributed by atoms with Crippen molar-refractivity contribution >= 4 is 27.7 Å². The summed E-state index contributed by atoms with van der Waals surface area (Å²) < 4.78 is 11.1. The van der Waals surface area contributed by atoms with E-state index in [1.165, 1.54) is 7.11 Å². The summed E-state index contributed by atoms with van der Waals surface area (Å²) in [5, 5.41) is 20.6. The maximum Gasteiger partial charge on any atom is 0.337 e. The van der Waals surface area contributed by atoms with Gasteiger partial charge >= 0.3 is 5.97 Å². The number of anilines is 1. The van der Waals surface area contributed by atoms with Crippen molar-refractivity contribution in [2.24, 2.45) is 0 Å². The monoisotopic (exact) mass is 377 g/mol. The van der Waals surface area contributed by atoms with Crippen LogP contribution >= 0.6 is 15.9 Å². The number of aromatic amines is 1. The first-order valence-electron chi connectivity index (χ1n) is 6.87. The molecule has 2 aromatic rings. The fourth-order valence-electron chi connectivity index (χ4n) is 3.03. The van der Waals surface area contributed by atoms with Crippen LogP contribution in [0.4, 0.5) is 5.82 Å². The van der Waals surface area contributed by atoms with Gasteiger partial charge in [-0.25, -0.2) is 4.79 Å². The Labute approximate surface area is 139 Å². The van der Waals surface area contributed by atoms with Gasteiger partial charge in [0.15, 0.2) is 11.5 Å². The molecule has 3 N–H and O–H groups in total. The number of cyclic esters (lactones) is 1. The molecule has 2 aliphatic rings. The summed E-state index contributed by atoms with van der Waals surface area (Å²) >= 11 is 3.41. The number of phenolic OH excluding ortho intramolecular Hbond substituents is 1. The smallest absolute Gasteiger partial charge is 0.337 e. The van der Waals surface area contributed by atoms with Gasteiger partial charge in [-0.15, -0.1) is 0 Å². The van der Waals surface area contributed by atoms with Crippen LogP contribution in [0.25, 0.3) is 0 Å². The summed E-state index contributed by atoms with van der Waals surface area (Å²) in [6, 6.07) is 3.43. The summed E-state index contributed by atoms with van der Waals surface area (Å²) in [6.45, 7) is 0.176. The molecule has 4 rings (SSSR count). The lowest BCUT2D eigenvalue weighted by molar-refractivity contribution is -0.136. The molecule has 0 saturated heterocycles. The Kier molecular flexibility index (Phi) is 3.08. The number of H-pyrrole nitrogens is 1. The molecule has 23 heavy (non-hydrogen) atoms. The van der Waals surface area contributed by atoms with Gasteiger partial charge in [-0.1, -0.05) is 15.9 Å². The van der Waals surface area contributed by atoms with Gasteiger partial charge in [0.25, 0.3) is 0 Å². The molecule has 2 aliphatic heterocycles. The van der Waals surface area contributed by atoms with Crippen LogP contribution < -0.4 is 10.1 Å². The van der Waals surface area contributed by atoms with E-state index in [0.717, 1.165) is 10.0 Å². The molecule has 3 heterocycles. The van der Waals surface area contributed by atoms with Crippen LogP contribution in [-0.4, -0.2) is 35.0 Å². The van der Waals surface area contributed by atoms with Gasteiger partial charge in [-0.2, -0.15) is 5.10 Å². The van der Waals surface area contributed by atoms with Crippen molar-refractivity contribution in [3.05, 3.63) is 45.2 Å². The number of aromatic hydroxyl groups is 1. The number of methoxy groups -OCH3 is 1. The molecule has 0 spiro atoms. The van der Waals surface area contributed by atoms with Crippen molar-refractivity contribution in [3.8, 4) is 11.5 Å². The molecule has 7 nitrogen and oxygen atoms in total. The zero-order chi connectivity index (χ0) is 16.1. The number of benzene rings is 1. The molecule has 1 aromatic carbocycles. The molecular weight excluding hydrogens is 366 g/mol. The van der Waals surface area contributed by atoms with E-state index in [9.17, 15) is 9.90 Å². The highest BCUT2D eigenvalue weighted by molar-refractivity contribution is 9.10. The minimum absolute atomic E-state index is 0.0127. The molecule has 0 aliphatic carbocycles. The van der Waals surface area contributed by atoms with Crippen LogP contribution in [0.5, 0.6) is 11.5 Å². The van der Waals surface area contributed by atoms with Gasteiger partial charge in [-0.3, -0.25) is 5.10 Å². The van der Waals surface area contributed by atoms with Gasteiger partial charge in [0.05, 0.1) is 30.5 Å². The number of phenols is 1. The van der Waals surface area contributed by atoms with Crippen LogP contribution in [0.2, 0.25) is 0 Å². The first-order chi connectivity index (χ1) is 11.1. The molecule has 0 amide bonds. The molecular formula is C15H12BrN3O4. The number of hydrogen-bond acceptors (Lipinski definition) is 6. The number of nitrogens with zero attached hydrogens (tertiary/aromatic N) is 1. The summed E-state index contributed by atoms with van der Waals surface area (Å²) in [5.74, 6) is 0.113. The van der Waals surface area contributed by atoms with Crippen molar-refractivity contribution < 1.29 is 19.4 Å². The molecule has 1 aromatic heterocycles. The van der Waals surface area contributed by atoms with E-state index < -0.39 is 11.9 Å². The average Bonchev–Trinajstić information content (AvgIpc) is 3.14. The number of ether oxygens (including phenoxy) is 2. The van der Waals surface area contributed by atoms with Crippen LogP contribution in [-0.2, 0) is 9.53 Å². The van der Waals surface area contributed by atoms with Crippen molar-refractivity contribution in [1.82, 2.24) is 10.2 Å². The molecule has 8 heteroatoms. The van der Waals surface area contributed by atoms with E-state index >= 15 is 0 Å². The molecule has 118 valence electrons. The third-order valence-electron chi connectivity index (χ3n) is 4.04. The minimum Gasteiger partial charge on any atom is -0.504 e. The molecule has 1 atom stereocenters. The van der Waals surface area contributed by atoms with Crippen molar-refractivity contribution in [2.45, 2.75) is 5.92 Å². The quantitative estimate of drug-likeness (QED) is 0.694. The highest BCUT2D eigenvalue weighted by Gasteiger charge is 2.40. The Morgan fingerprint density at radius 3 is 3.04 bits per heavy atom. The minimum atomic E-state index is -0.485. The van der Waals surface area contributed by atoms with Gasteiger partial charge in [0.2, 0.25) is 0 Å². The van der Waals surface area contributed by atoms with Gasteiger partial charge in [0.1, 0.15) is 12.4 Å². The lowest BCUT2D eigenvalue weighted by Gasteiger charge is -2.25. The fraction of sp³-hybridized carbons (Fsp3) is 0.200. The lowest BCUT2D eigenvalue weighted by atomic mass is 9.83. The summed E-state index contributed by atoms with van der Waals surface area (Å²) in [6.07, 6.45) is 1.63. The second kappa shape index (κ2) is 5.02. The Hall–Kier alpha value is -2.48. The Balaban J connectivity index is 1.97. The van der Waals surface area contributed by atoms with Crippen LogP contribution in [0.3, 0.4) is 0 Å². The zero-order valence-electron chi connectivity index (χ0n) is 12.0. The number of halogens is 1. The standard InChI is InChI=1S/C15H12BrN3O4/c1-22-10-3-6(16)2-7(13(10)20)11-8-4-17-19-14(8)18-9-5-23-15(21)12(9)11/h2-4,11,20H,5H2,1H3,(H2,17,18,19). The topological polar surface area (TPSA) is 96.5 Å². The van der Waals surface area contributed by atoms with Gasteiger partial charge in [-0.05, 0) is 12.1 Å². The Morgan fingerprint density at radius 1 is 1.43 bits per heavy atom. The van der Waals surface area contributed by atoms with Crippen molar-refractivity contribution in [3.63, 3.8) is 0 Å². The van der Waals surface area contributed by atoms with E-state index in [-0.39, 0.29) is 12.4 Å². The molecule has 0 radical (unpaired) electrons. The first kappa shape index (κ1) is 14.1. The lowest BCUT2D eigenvalue weighted by Crippen LogP contribution is -2.19. The zero-order valence-corrected chi connectivity index (χ0v) is 13.6. The largest absolute Gasteiger partial charge is 0.504 e. The van der Waals surface area contributed by atoms with Crippen LogP contribution in [0.1, 0.15) is 17.0 Å². The van der Waals surface area contributed by atoms with E-state index in [2.05, 4.69) is 31.4 Å². The van der Waals surface area contributed by atoms with E-state index in [1.54, 1.807) is 18.3 Å². The van der Waals surface area contributed by atoms with Crippen LogP contribution in [0.15, 0.2) is 34.1 Å². The van der Waals surface area contributed by atoms with E-state index in [1.807, 2.05) is 0 Å². The highest BCUT2D eigenvalue weighted by atomic mass is 79.9. The maximum absolute atomic E-state index is 12.2. The molecule has 1 unspecified atom stereocenters. The van der Waals surface area contributed by atoms with Gasteiger partial charge < -0.3 is 19.9 Å². The van der Waals surface area contributed by atoms with Gasteiger partial charge in [0, 0.05) is 15.6 Å². The number of aromatic nitrogens is 2. The second-order valence-corrected chi connectivity index (χ2v) is 6.19. The maximum atomic E-state index is 12.2. The average molecular weight is 378 g/mol. The van der Waals surface area contributed by atoms with E-state index in [0.29, 0.717) is 28.4 Å². The number of nitrogens with one attached hydrogen (secondary N) is 2. The summed E-state index contributed by atoms with van der Waals surface area (Å²) in [7, 11) is 1.48. The predicted molar refractivity (Wildman–Crippen MR) is 84.4 cm³/mol. The number of carbonyl (C=O) groups is 1. The number of esters is 1. The number of carbonyl (C=O) groups excluding carboxylic acids is 1. The molecule has 0 fully saturated rings. The predicted octanol–water partition coefficient (Wildman–Crippen LogP) is 2.25. The molecule has 0 bridgehead atoms. The second-order valence-electron chi connectivity index (χ2n) is 5.27. The van der Waals surface area contributed by atoms with Crippen LogP contribution in [0, 0.1) is 0 Å². The van der Waals surface area contributed by atoms with Crippen molar-refractivity contribution in [1.29, 1.82) is 0 Å².